The van der Waals surface area contributed by atoms with Crippen molar-refractivity contribution >= 4 is 21.8 Å². The first-order valence-electron chi connectivity index (χ1n) is 8.96. The highest BCUT2D eigenvalue weighted by atomic mass is 32.2. The largest absolute Gasteiger partial charge is 0.354 e. The maximum Gasteiger partial charge on any atom is 0.252 e. The highest BCUT2D eigenvalue weighted by Crippen LogP contribution is 2.23. The molecule has 1 aromatic carbocycles. The molecule has 0 saturated carbocycles. The van der Waals surface area contributed by atoms with E-state index in [0.717, 1.165) is 19.3 Å². The molecule has 0 radical (unpaired) electrons. The van der Waals surface area contributed by atoms with Crippen LogP contribution in [-0.4, -0.2) is 50.2 Å². The molecule has 0 aliphatic carbocycles. The van der Waals surface area contributed by atoms with Gasteiger partial charge in [0.05, 0.1) is 4.90 Å². The minimum absolute atomic E-state index is 0.109. The van der Waals surface area contributed by atoms with Gasteiger partial charge in [0.2, 0.25) is 15.9 Å². The van der Waals surface area contributed by atoms with Gasteiger partial charge in [-0.1, -0.05) is 13.0 Å². The normalized spacial score (nSPS) is 16.3. The number of hydrogen-bond donors (Lipinski definition) is 2. The van der Waals surface area contributed by atoms with Crippen molar-refractivity contribution in [1.82, 2.24) is 14.9 Å². The van der Waals surface area contributed by atoms with Crippen molar-refractivity contribution in [2.75, 3.05) is 19.6 Å². The maximum absolute atomic E-state index is 12.7. The number of benzene rings is 1. The first-order valence-corrected chi connectivity index (χ1v) is 10.4. The van der Waals surface area contributed by atoms with Crippen LogP contribution in [0, 0.1) is 6.92 Å². The third-order valence-corrected chi connectivity index (χ3v) is 6.34. The quantitative estimate of drug-likeness (QED) is 0.747. The van der Waals surface area contributed by atoms with Crippen LogP contribution in [0.1, 0.15) is 49.0 Å². The van der Waals surface area contributed by atoms with Crippen LogP contribution in [0.4, 0.5) is 0 Å². The number of nitrogens with one attached hydrogen (secondary N) is 2. The molecule has 1 aromatic rings. The predicted octanol–water partition coefficient (Wildman–Crippen LogP) is 1.42. The minimum Gasteiger partial charge on any atom is -0.354 e. The SMILES string of the molecule is CCCNC(=O)[C@@H](C)NC(=O)c1cc(S(=O)(=O)N2CCCC2)ccc1C. The van der Waals surface area contributed by atoms with E-state index in [1.807, 2.05) is 6.92 Å². The Labute approximate surface area is 155 Å². The fourth-order valence-electron chi connectivity index (χ4n) is 2.82. The molecular weight excluding hydrogens is 354 g/mol. The highest BCUT2D eigenvalue weighted by Gasteiger charge is 2.28. The Morgan fingerprint density at radius 1 is 1.23 bits per heavy atom. The lowest BCUT2D eigenvalue weighted by molar-refractivity contribution is -0.122. The van der Waals surface area contributed by atoms with Gasteiger partial charge in [0.25, 0.3) is 5.91 Å². The number of amides is 2. The Hall–Kier alpha value is -1.93. The van der Waals surface area contributed by atoms with Crippen molar-refractivity contribution in [3.8, 4) is 0 Å². The van der Waals surface area contributed by atoms with Crippen molar-refractivity contribution in [1.29, 1.82) is 0 Å². The summed E-state index contributed by atoms with van der Waals surface area (Å²) in [5.74, 6) is -0.723. The summed E-state index contributed by atoms with van der Waals surface area (Å²) in [5.41, 5.74) is 0.921. The summed E-state index contributed by atoms with van der Waals surface area (Å²) in [6.45, 7) is 6.84. The Kier molecular flexibility index (Phi) is 6.77. The minimum atomic E-state index is -3.59. The first-order chi connectivity index (χ1) is 12.3. The number of aryl methyl sites for hydroxylation is 1. The predicted molar refractivity (Wildman–Crippen MR) is 99.4 cm³/mol. The highest BCUT2D eigenvalue weighted by molar-refractivity contribution is 7.89. The van der Waals surface area contributed by atoms with Crippen LogP contribution in [0.5, 0.6) is 0 Å². The summed E-state index contributed by atoms with van der Waals surface area (Å²) in [6.07, 6.45) is 2.51. The smallest absolute Gasteiger partial charge is 0.252 e. The molecule has 0 unspecified atom stereocenters. The Bertz CT molecular complexity index is 771. The third-order valence-electron chi connectivity index (χ3n) is 4.45. The van der Waals surface area contributed by atoms with Crippen molar-refractivity contribution in [2.24, 2.45) is 0 Å². The molecule has 7 nitrogen and oxygen atoms in total. The molecule has 2 amide bonds. The first kappa shape index (κ1) is 20.4. The van der Waals surface area contributed by atoms with Crippen molar-refractivity contribution in [3.05, 3.63) is 29.3 Å². The van der Waals surface area contributed by atoms with Gasteiger partial charge >= 0.3 is 0 Å². The standard InChI is InChI=1S/C18H27N3O4S/c1-4-9-19-17(22)14(3)20-18(23)16-12-15(8-7-13(16)2)26(24,25)21-10-5-6-11-21/h7-8,12,14H,4-6,9-11H2,1-3H3,(H,19,22)(H,20,23)/t14-/m1/s1. The van der Waals surface area contributed by atoms with E-state index < -0.39 is 22.0 Å². The van der Waals surface area contributed by atoms with Gasteiger partial charge in [-0.3, -0.25) is 9.59 Å². The molecular formula is C18H27N3O4S. The molecule has 8 heteroatoms. The third kappa shape index (κ3) is 4.62. The summed E-state index contributed by atoms with van der Waals surface area (Å²) >= 11 is 0. The Morgan fingerprint density at radius 3 is 2.50 bits per heavy atom. The van der Waals surface area contributed by atoms with Gasteiger partial charge in [0, 0.05) is 25.2 Å². The van der Waals surface area contributed by atoms with Gasteiger partial charge in [-0.15, -0.1) is 0 Å². The van der Waals surface area contributed by atoms with E-state index in [1.54, 1.807) is 19.9 Å². The fourth-order valence-corrected chi connectivity index (χ4v) is 4.37. The molecule has 1 heterocycles. The zero-order valence-corrected chi connectivity index (χ0v) is 16.4. The van der Waals surface area contributed by atoms with E-state index in [0.29, 0.717) is 25.2 Å². The van der Waals surface area contributed by atoms with Gasteiger partial charge in [0.1, 0.15) is 6.04 Å². The number of sulfonamides is 1. The van der Waals surface area contributed by atoms with Gasteiger partial charge in [0.15, 0.2) is 0 Å². The van der Waals surface area contributed by atoms with Crippen LogP contribution in [0.3, 0.4) is 0 Å². The van der Waals surface area contributed by atoms with Gasteiger partial charge < -0.3 is 10.6 Å². The topological polar surface area (TPSA) is 95.6 Å². The zero-order chi connectivity index (χ0) is 19.3. The summed E-state index contributed by atoms with van der Waals surface area (Å²) in [5, 5.41) is 5.35. The molecule has 1 aliphatic heterocycles. The van der Waals surface area contributed by atoms with E-state index in [-0.39, 0.29) is 16.4 Å². The van der Waals surface area contributed by atoms with Crippen LogP contribution < -0.4 is 10.6 Å². The van der Waals surface area contributed by atoms with Crippen LogP contribution in [0.2, 0.25) is 0 Å². The number of nitrogens with zero attached hydrogens (tertiary/aromatic N) is 1. The summed E-state index contributed by atoms with van der Waals surface area (Å²) in [4.78, 5) is 24.6. The average Bonchev–Trinajstić information content (AvgIpc) is 3.15. The molecule has 0 bridgehead atoms. The van der Waals surface area contributed by atoms with Gasteiger partial charge in [-0.05, 0) is 50.8 Å². The monoisotopic (exact) mass is 381 g/mol. The van der Waals surface area contributed by atoms with E-state index in [9.17, 15) is 18.0 Å². The summed E-state index contributed by atoms with van der Waals surface area (Å²) in [7, 11) is -3.59. The average molecular weight is 381 g/mol. The second-order valence-electron chi connectivity index (χ2n) is 6.57. The van der Waals surface area contributed by atoms with Crippen molar-refractivity contribution in [2.45, 2.75) is 51.0 Å². The van der Waals surface area contributed by atoms with Gasteiger partial charge in [-0.25, -0.2) is 8.42 Å². The van der Waals surface area contributed by atoms with Crippen LogP contribution in [-0.2, 0) is 14.8 Å². The molecule has 26 heavy (non-hydrogen) atoms. The number of carbonyl (C=O) groups is 2. The van der Waals surface area contributed by atoms with Gasteiger partial charge in [-0.2, -0.15) is 4.31 Å². The molecule has 1 saturated heterocycles. The van der Waals surface area contributed by atoms with Crippen molar-refractivity contribution < 1.29 is 18.0 Å². The molecule has 1 aliphatic rings. The number of carbonyl (C=O) groups excluding carboxylic acids is 2. The second kappa shape index (κ2) is 8.64. The fraction of sp³-hybridized carbons (Fsp3) is 0.556. The second-order valence-corrected chi connectivity index (χ2v) is 8.51. The molecule has 144 valence electrons. The Balaban J connectivity index is 2.18. The molecule has 0 aromatic heterocycles. The number of rotatable bonds is 7. The molecule has 2 N–H and O–H groups in total. The zero-order valence-electron chi connectivity index (χ0n) is 15.5. The summed E-state index contributed by atoms with van der Waals surface area (Å²) < 4.78 is 26.8. The Morgan fingerprint density at radius 2 is 1.88 bits per heavy atom. The van der Waals surface area contributed by atoms with E-state index in [2.05, 4.69) is 10.6 Å². The summed E-state index contributed by atoms with van der Waals surface area (Å²) in [6, 6.07) is 3.85. The van der Waals surface area contributed by atoms with E-state index in [4.69, 9.17) is 0 Å². The lowest BCUT2D eigenvalue weighted by atomic mass is 10.1. The molecule has 1 fully saturated rings. The van der Waals surface area contributed by atoms with Crippen LogP contribution >= 0.6 is 0 Å². The van der Waals surface area contributed by atoms with Crippen molar-refractivity contribution in [3.63, 3.8) is 0 Å². The lowest BCUT2D eigenvalue weighted by Crippen LogP contribution is -2.45. The lowest BCUT2D eigenvalue weighted by Gasteiger charge is -2.18. The molecule has 1 atom stereocenters. The van der Waals surface area contributed by atoms with Crippen LogP contribution in [0.15, 0.2) is 23.1 Å². The van der Waals surface area contributed by atoms with E-state index in [1.165, 1.54) is 16.4 Å². The molecule has 0 spiro atoms. The van der Waals surface area contributed by atoms with Crippen LogP contribution in [0.25, 0.3) is 0 Å². The molecule has 2 rings (SSSR count). The van der Waals surface area contributed by atoms with E-state index >= 15 is 0 Å². The maximum atomic E-state index is 12.7. The number of hydrogen-bond acceptors (Lipinski definition) is 4.